The second-order valence-corrected chi connectivity index (χ2v) is 7.51. The maximum atomic E-state index is 12.9. The van der Waals surface area contributed by atoms with Crippen LogP contribution in [0.5, 0.6) is 5.75 Å². The highest BCUT2D eigenvalue weighted by Gasteiger charge is 2.30. The number of hydrogen-bond donors (Lipinski definition) is 0. The number of nitrogens with zero attached hydrogens (tertiary/aromatic N) is 3. The third-order valence-electron chi connectivity index (χ3n) is 3.59. The highest BCUT2D eigenvalue weighted by Crippen LogP contribution is 2.34. The molecule has 1 aromatic carbocycles. The average molecular weight is 333 g/mol. The predicted octanol–water partition coefficient (Wildman–Crippen LogP) is 1.73. The van der Waals surface area contributed by atoms with Gasteiger partial charge in [0.15, 0.2) is 0 Å². The number of sulfonamides is 1. The summed E-state index contributed by atoms with van der Waals surface area (Å²) in [6, 6.07) is 8.67. The predicted molar refractivity (Wildman–Crippen MR) is 88.1 cm³/mol. The Balaban J connectivity index is 1.93. The molecule has 0 saturated heterocycles. The fourth-order valence-corrected chi connectivity index (χ4v) is 4.00. The molecule has 6 nitrogen and oxygen atoms in total. The van der Waals surface area contributed by atoms with Gasteiger partial charge >= 0.3 is 0 Å². The first-order valence-corrected chi connectivity index (χ1v) is 8.76. The van der Waals surface area contributed by atoms with E-state index in [1.165, 1.54) is 10.5 Å². The minimum absolute atomic E-state index is 0.275. The van der Waals surface area contributed by atoms with Crippen molar-refractivity contribution in [2.75, 3.05) is 31.6 Å². The van der Waals surface area contributed by atoms with Gasteiger partial charge in [-0.3, -0.25) is 9.29 Å². The van der Waals surface area contributed by atoms with E-state index in [1.54, 1.807) is 24.4 Å². The molecule has 1 aromatic heterocycles. The van der Waals surface area contributed by atoms with Gasteiger partial charge in [-0.15, -0.1) is 0 Å². The Morgan fingerprint density at radius 2 is 1.96 bits per heavy atom. The van der Waals surface area contributed by atoms with Crippen LogP contribution in [0.15, 0.2) is 47.6 Å². The first kappa shape index (κ1) is 15.8. The lowest BCUT2D eigenvalue weighted by atomic mass is 10.2. The minimum Gasteiger partial charge on any atom is -0.489 e. The van der Waals surface area contributed by atoms with Crippen LogP contribution < -0.4 is 9.04 Å². The molecule has 0 spiro atoms. The maximum Gasteiger partial charge on any atom is 0.264 e. The Hall–Kier alpha value is -2.12. The van der Waals surface area contributed by atoms with Crippen LogP contribution in [0.2, 0.25) is 0 Å². The zero-order chi connectivity index (χ0) is 16.4. The van der Waals surface area contributed by atoms with Crippen molar-refractivity contribution in [1.29, 1.82) is 0 Å². The smallest absolute Gasteiger partial charge is 0.264 e. The zero-order valence-corrected chi connectivity index (χ0v) is 14.0. The zero-order valence-electron chi connectivity index (χ0n) is 13.1. The summed E-state index contributed by atoms with van der Waals surface area (Å²) in [6.45, 7) is 1.38. The van der Waals surface area contributed by atoms with Crippen molar-refractivity contribution in [3.05, 3.63) is 48.3 Å². The Morgan fingerprint density at radius 1 is 1.22 bits per heavy atom. The van der Waals surface area contributed by atoms with Crippen molar-refractivity contribution in [2.24, 2.45) is 0 Å². The van der Waals surface area contributed by atoms with E-state index < -0.39 is 10.0 Å². The Morgan fingerprint density at radius 3 is 2.65 bits per heavy atom. The lowest BCUT2D eigenvalue weighted by molar-refractivity contribution is 0.315. The summed E-state index contributed by atoms with van der Waals surface area (Å²) in [7, 11) is 0.328. The van der Waals surface area contributed by atoms with Gasteiger partial charge in [-0.2, -0.15) is 0 Å². The molecule has 0 radical (unpaired) electrons. The maximum absolute atomic E-state index is 12.9. The lowest BCUT2D eigenvalue weighted by Gasteiger charge is -2.29. The fourth-order valence-electron chi connectivity index (χ4n) is 2.55. The third-order valence-corrected chi connectivity index (χ3v) is 5.42. The van der Waals surface area contributed by atoms with Crippen molar-refractivity contribution >= 4 is 15.7 Å². The van der Waals surface area contributed by atoms with Crippen LogP contribution in [0.25, 0.3) is 0 Å². The van der Waals surface area contributed by atoms with Gasteiger partial charge in [0, 0.05) is 18.8 Å². The van der Waals surface area contributed by atoms with Crippen LogP contribution in [0.3, 0.4) is 0 Å². The van der Waals surface area contributed by atoms with E-state index in [0.717, 1.165) is 12.1 Å². The number of ether oxygens (including phenoxy) is 1. The number of rotatable bonds is 4. The molecule has 0 N–H and O–H groups in total. The molecule has 0 fully saturated rings. The summed E-state index contributed by atoms with van der Waals surface area (Å²) >= 11 is 0. The average Bonchev–Trinajstić information content (AvgIpc) is 2.54. The van der Waals surface area contributed by atoms with E-state index in [9.17, 15) is 8.42 Å². The summed E-state index contributed by atoms with van der Waals surface area (Å²) in [5, 5.41) is 0. The summed E-state index contributed by atoms with van der Waals surface area (Å²) in [4.78, 5) is 6.32. The Labute approximate surface area is 136 Å². The molecule has 0 aliphatic carbocycles. The second-order valence-electron chi connectivity index (χ2n) is 5.65. The van der Waals surface area contributed by atoms with Crippen LogP contribution in [-0.4, -0.2) is 45.5 Å². The normalized spacial score (nSPS) is 14.5. The molecular weight excluding hydrogens is 314 g/mol. The molecule has 122 valence electrons. The topological polar surface area (TPSA) is 62.7 Å². The highest BCUT2D eigenvalue weighted by atomic mass is 32.2. The van der Waals surface area contributed by atoms with Crippen LogP contribution >= 0.6 is 0 Å². The van der Waals surface area contributed by atoms with Gasteiger partial charge in [-0.25, -0.2) is 8.42 Å². The van der Waals surface area contributed by atoms with Gasteiger partial charge in [-0.05, 0) is 31.8 Å². The van der Waals surface area contributed by atoms with Gasteiger partial charge < -0.3 is 9.64 Å². The van der Waals surface area contributed by atoms with Gasteiger partial charge in [0.2, 0.25) is 0 Å². The standard InChI is InChI=1S/C16H19N3O3S/c1-18(2)12-13-3-5-14(6-4-13)23(20,21)19-9-10-22-16-7-8-17-11-15(16)19/h3-8,11H,9-10,12H2,1-2H3. The number of anilines is 1. The van der Waals surface area contributed by atoms with Crippen molar-refractivity contribution < 1.29 is 13.2 Å². The second kappa shape index (κ2) is 6.17. The molecule has 3 rings (SSSR count). The van der Waals surface area contributed by atoms with E-state index in [0.29, 0.717) is 18.0 Å². The first-order valence-electron chi connectivity index (χ1n) is 7.32. The monoisotopic (exact) mass is 333 g/mol. The summed E-state index contributed by atoms with van der Waals surface area (Å²) in [5.74, 6) is 0.541. The third kappa shape index (κ3) is 3.16. The van der Waals surface area contributed by atoms with Crippen LogP contribution in [0.4, 0.5) is 5.69 Å². The van der Waals surface area contributed by atoms with Crippen molar-refractivity contribution in [2.45, 2.75) is 11.4 Å². The molecule has 2 aromatic rings. The molecule has 1 aliphatic heterocycles. The van der Waals surface area contributed by atoms with E-state index in [4.69, 9.17) is 4.74 Å². The molecule has 1 aliphatic rings. The molecule has 2 heterocycles. The summed E-state index contributed by atoms with van der Waals surface area (Å²) < 4.78 is 32.7. The van der Waals surface area contributed by atoms with Gasteiger partial charge in [0.25, 0.3) is 10.0 Å². The molecule has 0 amide bonds. The number of benzene rings is 1. The van der Waals surface area contributed by atoms with Crippen molar-refractivity contribution in [3.63, 3.8) is 0 Å². The molecule has 0 atom stereocenters. The van der Waals surface area contributed by atoms with Gasteiger partial charge in [0.1, 0.15) is 18.0 Å². The largest absolute Gasteiger partial charge is 0.489 e. The lowest BCUT2D eigenvalue weighted by Crippen LogP contribution is -2.38. The number of pyridine rings is 1. The quantitative estimate of drug-likeness (QED) is 0.853. The minimum atomic E-state index is -3.62. The summed E-state index contributed by atoms with van der Waals surface area (Å²) in [6.07, 6.45) is 3.11. The molecule has 7 heteroatoms. The first-order chi connectivity index (χ1) is 11.0. The molecule has 0 unspecified atom stereocenters. The van der Waals surface area contributed by atoms with E-state index >= 15 is 0 Å². The Bertz CT molecular complexity index is 788. The highest BCUT2D eigenvalue weighted by molar-refractivity contribution is 7.92. The van der Waals surface area contributed by atoms with E-state index in [-0.39, 0.29) is 11.4 Å². The number of aromatic nitrogens is 1. The van der Waals surface area contributed by atoms with E-state index in [2.05, 4.69) is 4.98 Å². The SMILES string of the molecule is CN(C)Cc1ccc(S(=O)(=O)N2CCOc3ccncc32)cc1. The van der Waals surface area contributed by atoms with Crippen molar-refractivity contribution in [3.8, 4) is 5.75 Å². The van der Waals surface area contributed by atoms with Crippen LogP contribution in [-0.2, 0) is 16.6 Å². The molecule has 23 heavy (non-hydrogen) atoms. The van der Waals surface area contributed by atoms with E-state index in [1.807, 2.05) is 31.1 Å². The van der Waals surface area contributed by atoms with Crippen LogP contribution in [0, 0.1) is 0 Å². The van der Waals surface area contributed by atoms with Crippen molar-refractivity contribution in [1.82, 2.24) is 9.88 Å². The fraction of sp³-hybridized carbons (Fsp3) is 0.312. The summed E-state index contributed by atoms with van der Waals surface area (Å²) in [5.41, 5.74) is 1.55. The number of hydrogen-bond acceptors (Lipinski definition) is 5. The number of fused-ring (bicyclic) bond motifs is 1. The molecular formula is C16H19N3O3S. The Kier molecular flexibility index (Phi) is 4.23. The van der Waals surface area contributed by atoms with Gasteiger partial charge in [-0.1, -0.05) is 12.1 Å². The molecule has 0 saturated carbocycles. The molecule has 0 bridgehead atoms. The van der Waals surface area contributed by atoms with Gasteiger partial charge in [0.05, 0.1) is 17.6 Å². The van der Waals surface area contributed by atoms with Crippen LogP contribution in [0.1, 0.15) is 5.56 Å².